The van der Waals surface area contributed by atoms with Crippen molar-refractivity contribution in [1.29, 1.82) is 0 Å². The lowest BCUT2D eigenvalue weighted by Crippen LogP contribution is -1.98. The molecule has 1 aromatic carbocycles. The van der Waals surface area contributed by atoms with Crippen LogP contribution in [0.5, 0.6) is 0 Å². The maximum atomic E-state index is 11.3. The molecule has 82 valence electrons. The van der Waals surface area contributed by atoms with E-state index in [-0.39, 0.29) is 0 Å². The monoisotopic (exact) mass is 224 g/mol. The molecule has 1 rings (SSSR count). The molecule has 0 fully saturated rings. The highest BCUT2D eigenvalue weighted by Crippen LogP contribution is 2.17. The molecule has 0 N–H and O–H groups in total. The highest BCUT2D eigenvalue weighted by molar-refractivity contribution is 6.31. The molecule has 0 spiro atoms. The van der Waals surface area contributed by atoms with Gasteiger partial charge in [0, 0.05) is 17.9 Å². The van der Waals surface area contributed by atoms with Crippen LogP contribution < -0.4 is 0 Å². The van der Waals surface area contributed by atoms with Crippen LogP contribution in [0.2, 0.25) is 5.02 Å². The summed E-state index contributed by atoms with van der Waals surface area (Å²) in [6, 6.07) is 7.82. The van der Waals surface area contributed by atoms with Crippen LogP contribution in [0.15, 0.2) is 24.3 Å². The average Bonchev–Trinajstić information content (AvgIpc) is 2.21. The van der Waals surface area contributed by atoms with E-state index in [9.17, 15) is 4.79 Å². The molecule has 0 saturated carbocycles. The number of benzene rings is 1. The van der Waals surface area contributed by atoms with E-state index in [2.05, 4.69) is 0 Å². The molecule has 1 nitrogen and oxygen atoms in total. The molecular weight excluding hydrogens is 208 g/mol. The smallest absolute Gasteiger partial charge is 0.132 e. The predicted molar refractivity (Wildman–Crippen MR) is 64.3 cm³/mol. The summed E-state index contributed by atoms with van der Waals surface area (Å²) in [7, 11) is 0. The number of ketones is 1. The third-order valence-electron chi connectivity index (χ3n) is 2.39. The summed E-state index contributed by atoms with van der Waals surface area (Å²) in [4.78, 5) is 11.3. The summed E-state index contributed by atoms with van der Waals surface area (Å²) in [5.74, 6) is 0.365. The first kappa shape index (κ1) is 12.3. The van der Waals surface area contributed by atoms with E-state index in [0.717, 1.165) is 29.8 Å². The Morgan fingerprint density at radius 2 is 2.00 bits per heavy atom. The maximum Gasteiger partial charge on any atom is 0.132 e. The van der Waals surface area contributed by atoms with Crippen LogP contribution >= 0.6 is 11.6 Å². The Morgan fingerprint density at radius 3 is 2.67 bits per heavy atom. The Labute approximate surface area is 96.5 Å². The molecule has 0 aromatic heterocycles. The topological polar surface area (TPSA) is 17.1 Å². The van der Waals surface area contributed by atoms with Crippen molar-refractivity contribution in [1.82, 2.24) is 0 Å². The van der Waals surface area contributed by atoms with Crippen molar-refractivity contribution in [3.8, 4) is 0 Å². The average molecular weight is 225 g/mol. The minimum absolute atomic E-state index is 0.365. The van der Waals surface area contributed by atoms with Gasteiger partial charge in [0.05, 0.1) is 0 Å². The number of hydrogen-bond donors (Lipinski definition) is 0. The lowest BCUT2D eigenvalue weighted by molar-refractivity contribution is -0.119. The molecule has 0 unspecified atom stereocenters. The lowest BCUT2D eigenvalue weighted by atomic mass is 10.0. The van der Waals surface area contributed by atoms with Gasteiger partial charge >= 0.3 is 0 Å². The second-order valence-electron chi connectivity index (χ2n) is 3.73. The highest BCUT2D eigenvalue weighted by Gasteiger charge is 2.02. The second kappa shape index (κ2) is 6.62. The van der Waals surface area contributed by atoms with Crippen LogP contribution in [0, 0.1) is 0 Å². The highest BCUT2D eigenvalue weighted by atomic mass is 35.5. The fourth-order valence-corrected chi connectivity index (χ4v) is 1.81. The molecule has 2 heteroatoms. The van der Waals surface area contributed by atoms with Crippen molar-refractivity contribution >= 4 is 17.4 Å². The Hall–Kier alpha value is -0.820. The Balaban J connectivity index is 2.32. The van der Waals surface area contributed by atoms with Crippen LogP contribution in [-0.4, -0.2) is 5.78 Å². The molecule has 1 aromatic rings. The van der Waals surface area contributed by atoms with Crippen molar-refractivity contribution in [3.05, 3.63) is 34.9 Å². The van der Waals surface area contributed by atoms with Gasteiger partial charge in [0.2, 0.25) is 0 Å². The van der Waals surface area contributed by atoms with Gasteiger partial charge in [-0.3, -0.25) is 4.79 Å². The van der Waals surface area contributed by atoms with Gasteiger partial charge in [0.1, 0.15) is 5.78 Å². The molecule has 0 aliphatic heterocycles. The van der Waals surface area contributed by atoms with Crippen LogP contribution in [0.3, 0.4) is 0 Å². The molecule has 0 amide bonds. The summed E-state index contributed by atoms with van der Waals surface area (Å²) in [5, 5.41) is 0.806. The van der Waals surface area contributed by atoms with Crippen LogP contribution in [-0.2, 0) is 11.2 Å². The fourth-order valence-electron chi connectivity index (χ4n) is 1.58. The molecule has 0 atom stereocenters. The normalized spacial score (nSPS) is 10.3. The zero-order chi connectivity index (χ0) is 11.1. The van der Waals surface area contributed by atoms with Gasteiger partial charge in [-0.2, -0.15) is 0 Å². The number of rotatable bonds is 6. The van der Waals surface area contributed by atoms with Crippen molar-refractivity contribution in [2.75, 3.05) is 0 Å². The summed E-state index contributed by atoms with van der Waals surface area (Å²) < 4.78 is 0. The predicted octanol–water partition coefficient (Wildman–Crippen LogP) is 4.03. The largest absolute Gasteiger partial charge is 0.300 e. The Kier molecular flexibility index (Phi) is 5.41. The van der Waals surface area contributed by atoms with Gasteiger partial charge in [-0.1, -0.05) is 36.7 Å². The van der Waals surface area contributed by atoms with E-state index in [1.807, 2.05) is 31.2 Å². The number of carbonyl (C=O) groups is 1. The minimum atomic E-state index is 0.365. The molecule has 15 heavy (non-hydrogen) atoms. The first-order valence-electron chi connectivity index (χ1n) is 5.49. The maximum absolute atomic E-state index is 11.3. The van der Waals surface area contributed by atoms with E-state index < -0.39 is 0 Å². The zero-order valence-electron chi connectivity index (χ0n) is 9.13. The van der Waals surface area contributed by atoms with Gasteiger partial charge < -0.3 is 0 Å². The molecule has 0 aliphatic rings. The van der Waals surface area contributed by atoms with Crippen LogP contribution in [0.4, 0.5) is 0 Å². The standard InChI is InChI=1S/C13H17ClO/c1-2-6-12(15)9-5-8-11-7-3-4-10-13(11)14/h3-4,7,10H,2,5-6,8-9H2,1H3. The molecule has 0 radical (unpaired) electrons. The summed E-state index contributed by atoms with van der Waals surface area (Å²) in [5.41, 5.74) is 1.14. The Morgan fingerprint density at radius 1 is 1.27 bits per heavy atom. The van der Waals surface area contributed by atoms with E-state index in [1.54, 1.807) is 0 Å². The molecule has 0 saturated heterocycles. The quantitative estimate of drug-likeness (QED) is 0.713. The SMILES string of the molecule is CCCC(=O)CCCc1ccccc1Cl. The molecule has 0 heterocycles. The van der Waals surface area contributed by atoms with Crippen molar-refractivity contribution in [2.24, 2.45) is 0 Å². The third-order valence-corrected chi connectivity index (χ3v) is 2.76. The van der Waals surface area contributed by atoms with Crippen LogP contribution in [0.1, 0.15) is 38.2 Å². The van der Waals surface area contributed by atoms with E-state index in [0.29, 0.717) is 18.6 Å². The van der Waals surface area contributed by atoms with Crippen molar-refractivity contribution < 1.29 is 4.79 Å². The van der Waals surface area contributed by atoms with Gasteiger partial charge in [-0.25, -0.2) is 0 Å². The second-order valence-corrected chi connectivity index (χ2v) is 4.14. The van der Waals surface area contributed by atoms with Gasteiger partial charge in [0.15, 0.2) is 0 Å². The third kappa shape index (κ3) is 4.48. The van der Waals surface area contributed by atoms with Crippen molar-refractivity contribution in [2.45, 2.75) is 39.0 Å². The van der Waals surface area contributed by atoms with Gasteiger partial charge in [-0.05, 0) is 30.9 Å². The van der Waals surface area contributed by atoms with Crippen LogP contribution in [0.25, 0.3) is 0 Å². The summed E-state index contributed by atoms with van der Waals surface area (Å²) >= 11 is 6.02. The number of hydrogen-bond acceptors (Lipinski definition) is 1. The minimum Gasteiger partial charge on any atom is -0.300 e. The number of aryl methyl sites for hydroxylation is 1. The fraction of sp³-hybridized carbons (Fsp3) is 0.462. The first-order chi connectivity index (χ1) is 7.24. The summed E-state index contributed by atoms with van der Waals surface area (Å²) in [6.45, 7) is 2.03. The Bertz CT molecular complexity index is 320. The number of halogens is 1. The van der Waals surface area contributed by atoms with Gasteiger partial charge in [-0.15, -0.1) is 0 Å². The van der Waals surface area contributed by atoms with Gasteiger partial charge in [0.25, 0.3) is 0 Å². The van der Waals surface area contributed by atoms with E-state index >= 15 is 0 Å². The number of Topliss-reactive ketones (excluding diaryl/α,β-unsaturated/α-hetero) is 1. The first-order valence-corrected chi connectivity index (χ1v) is 5.87. The molecule has 0 bridgehead atoms. The summed E-state index contributed by atoms with van der Waals surface area (Å²) in [6.07, 6.45) is 4.14. The van der Waals surface area contributed by atoms with E-state index in [1.165, 1.54) is 0 Å². The van der Waals surface area contributed by atoms with E-state index in [4.69, 9.17) is 11.6 Å². The van der Waals surface area contributed by atoms with Crippen molar-refractivity contribution in [3.63, 3.8) is 0 Å². The number of carbonyl (C=O) groups excluding carboxylic acids is 1. The molecular formula is C13H17ClO. The lowest BCUT2D eigenvalue weighted by Gasteiger charge is -2.03. The zero-order valence-corrected chi connectivity index (χ0v) is 9.89. The molecule has 0 aliphatic carbocycles.